The number of hydrogen-bond donors (Lipinski definition) is 0. The number of nitrogens with zero attached hydrogens (tertiary/aromatic N) is 1. The third kappa shape index (κ3) is 4.66. The van der Waals surface area contributed by atoms with Gasteiger partial charge < -0.3 is 4.74 Å². The fraction of sp³-hybridized carbons (Fsp3) is 0.769. The van der Waals surface area contributed by atoms with Crippen molar-refractivity contribution in [3.05, 3.63) is 11.7 Å². The van der Waals surface area contributed by atoms with E-state index in [1.165, 1.54) is 0 Å². The number of piperidine rings is 1. The van der Waals surface area contributed by atoms with Gasteiger partial charge in [-0.3, -0.25) is 9.69 Å². The van der Waals surface area contributed by atoms with E-state index in [1.54, 1.807) is 11.9 Å². The monoisotopic (exact) mass is 315 g/mol. The lowest BCUT2D eigenvalue weighted by Crippen LogP contribution is -2.45. The first-order valence-corrected chi connectivity index (χ1v) is 6.63. The number of esters is 1. The number of carbonyl (C=O) groups excluding carboxylic acids is 1. The van der Waals surface area contributed by atoms with E-state index in [1.807, 2.05) is 0 Å². The van der Waals surface area contributed by atoms with Gasteiger partial charge in [0.25, 0.3) is 0 Å². The highest BCUT2D eigenvalue weighted by molar-refractivity contribution is 5.76. The van der Waals surface area contributed by atoms with Crippen LogP contribution in [0.25, 0.3) is 0 Å². The Morgan fingerprint density at radius 2 is 2.00 bits per heavy atom. The maximum Gasteiger partial charge on any atom is 0.324 e. The van der Waals surface area contributed by atoms with E-state index in [-0.39, 0.29) is 0 Å². The van der Waals surface area contributed by atoms with Crippen LogP contribution < -0.4 is 0 Å². The van der Waals surface area contributed by atoms with Crippen LogP contribution in [-0.2, 0) is 9.53 Å². The molecule has 1 fully saturated rings. The fourth-order valence-corrected chi connectivity index (χ4v) is 2.16. The van der Waals surface area contributed by atoms with Crippen molar-refractivity contribution in [1.29, 1.82) is 0 Å². The Bertz CT molecular complexity index is 391. The first-order chi connectivity index (χ1) is 9.92. The van der Waals surface area contributed by atoms with Crippen molar-refractivity contribution in [2.75, 3.05) is 26.9 Å². The summed E-state index contributed by atoms with van der Waals surface area (Å²) in [7, 11) is 1.64. The van der Waals surface area contributed by atoms with Gasteiger partial charge in [-0.05, 0) is 26.4 Å². The molecule has 0 N–H and O–H groups in total. The third-order valence-corrected chi connectivity index (χ3v) is 3.39. The molecule has 0 aromatic rings. The standard InChI is InChI=1S/C13H18F5NO2/c1-19-5-3-2-4-10(19)13(20)21-12(9(17)7-15)11(18)8(16)6-14/h9-10,12H,2-7H2,1H3/b11-8-/t9?,10-,12?/m1/s1. The Hall–Kier alpha value is -1.18. The van der Waals surface area contributed by atoms with E-state index in [0.29, 0.717) is 13.0 Å². The van der Waals surface area contributed by atoms with Crippen LogP contribution in [0.1, 0.15) is 19.3 Å². The molecule has 3 atom stereocenters. The summed E-state index contributed by atoms with van der Waals surface area (Å²) in [6.45, 7) is -2.89. The van der Waals surface area contributed by atoms with Crippen LogP contribution >= 0.6 is 0 Å². The largest absolute Gasteiger partial charge is 0.450 e. The second kappa shape index (κ2) is 8.31. The maximum atomic E-state index is 13.5. The molecular formula is C13H18F5NO2. The van der Waals surface area contributed by atoms with Crippen molar-refractivity contribution in [2.45, 2.75) is 37.6 Å². The smallest absolute Gasteiger partial charge is 0.324 e. The zero-order chi connectivity index (χ0) is 16.0. The van der Waals surface area contributed by atoms with Crippen LogP contribution in [0.15, 0.2) is 11.7 Å². The molecule has 8 heteroatoms. The molecule has 0 radical (unpaired) electrons. The van der Waals surface area contributed by atoms with Gasteiger partial charge in [-0.2, -0.15) is 0 Å². The summed E-state index contributed by atoms with van der Waals surface area (Å²) in [4.78, 5) is 13.5. The van der Waals surface area contributed by atoms with Crippen LogP contribution in [0.3, 0.4) is 0 Å². The van der Waals surface area contributed by atoms with Crippen LogP contribution in [-0.4, -0.2) is 56.1 Å². The van der Waals surface area contributed by atoms with Gasteiger partial charge in [0, 0.05) is 0 Å². The van der Waals surface area contributed by atoms with Crippen molar-refractivity contribution in [3.63, 3.8) is 0 Å². The minimum Gasteiger partial charge on any atom is -0.450 e. The predicted octanol–water partition coefficient (Wildman–Crippen LogP) is 2.81. The minimum atomic E-state index is -2.58. The Kier molecular flexibility index (Phi) is 7.07. The molecule has 1 rings (SSSR count). The number of allylic oxidation sites excluding steroid dienone is 1. The molecule has 2 unspecified atom stereocenters. The van der Waals surface area contributed by atoms with Gasteiger partial charge in [-0.1, -0.05) is 6.42 Å². The summed E-state index contributed by atoms with van der Waals surface area (Å²) in [5.74, 6) is -4.80. The van der Waals surface area contributed by atoms with Gasteiger partial charge >= 0.3 is 5.97 Å². The molecule has 1 saturated heterocycles. The highest BCUT2D eigenvalue weighted by Crippen LogP contribution is 2.24. The molecule has 21 heavy (non-hydrogen) atoms. The number of likely N-dealkylation sites (tertiary alicyclic amines) is 1. The molecule has 1 aliphatic rings. The number of likely N-dealkylation sites (N-methyl/N-ethyl adjacent to an activating group) is 1. The van der Waals surface area contributed by atoms with Gasteiger partial charge in [-0.25, -0.2) is 22.0 Å². The van der Waals surface area contributed by atoms with Crippen LogP contribution in [0, 0.1) is 0 Å². The number of ether oxygens (including phenoxy) is 1. The SMILES string of the molecule is CN1CCCC[C@@H]1C(=O)OC(/C(F)=C(/F)CF)C(F)CF. The van der Waals surface area contributed by atoms with Crippen LogP contribution in [0.4, 0.5) is 22.0 Å². The summed E-state index contributed by atoms with van der Waals surface area (Å²) < 4.78 is 68.7. The first kappa shape index (κ1) is 17.9. The molecule has 1 aliphatic heterocycles. The summed E-state index contributed by atoms with van der Waals surface area (Å²) in [5, 5.41) is 0. The van der Waals surface area contributed by atoms with E-state index in [9.17, 15) is 26.7 Å². The van der Waals surface area contributed by atoms with Crippen molar-refractivity contribution in [2.24, 2.45) is 0 Å². The van der Waals surface area contributed by atoms with E-state index in [2.05, 4.69) is 4.74 Å². The van der Waals surface area contributed by atoms with E-state index in [4.69, 9.17) is 0 Å². The molecule has 3 nitrogen and oxygen atoms in total. The van der Waals surface area contributed by atoms with E-state index >= 15 is 0 Å². The van der Waals surface area contributed by atoms with Crippen molar-refractivity contribution >= 4 is 5.97 Å². The van der Waals surface area contributed by atoms with Crippen molar-refractivity contribution in [1.82, 2.24) is 4.90 Å². The Labute approximate surface area is 119 Å². The fourth-order valence-electron chi connectivity index (χ4n) is 2.16. The summed E-state index contributed by atoms with van der Waals surface area (Å²) in [6.07, 6.45) is -2.96. The lowest BCUT2D eigenvalue weighted by molar-refractivity contribution is -0.158. The lowest BCUT2D eigenvalue weighted by Gasteiger charge is -2.31. The number of alkyl halides is 3. The molecule has 1 heterocycles. The Morgan fingerprint density at radius 3 is 2.52 bits per heavy atom. The average molecular weight is 315 g/mol. The molecule has 0 amide bonds. The quantitative estimate of drug-likeness (QED) is 0.558. The van der Waals surface area contributed by atoms with Gasteiger partial charge in [0.05, 0.1) is 0 Å². The highest BCUT2D eigenvalue weighted by atomic mass is 19.2. The minimum absolute atomic E-state index is 0.422. The van der Waals surface area contributed by atoms with Gasteiger partial charge in [-0.15, -0.1) is 0 Å². The Morgan fingerprint density at radius 1 is 1.33 bits per heavy atom. The summed E-state index contributed by atoms with van der Waals surface area (Å²) >= 11 is 0. The summed E-state index contributed by atoms with van der Waals surface area (Å²) in [6, 6.07) is -0.728. The Balaban J connectivity index is 2.83. The molecule has 122 valence electrons. The zero-order valence-corrected chi connectivity index (χ0v) is 11.6. The molecule has 0 saturated carbocycles. The van der Waals surface area contributed by atoms with E-state index in [0.717, 1.165) is 12.8 Å². The highest BCUT2D eigenvalue weighted by Gasteiger charge is 2.36. The summed E-state index contributed by atoms with van der Waals surface area (Å²) in [5.41, 5.74) is 0. The second-order valence-electron chi connectivity index (χ2n) is 4.91. The second-order valence-corrected chi connectivity index (χ2v) is 4.91. The van der Waals surface area contributed by atoms with Gasteiger partial charge in [0.2, 0.25) is 0 Å². The molecule has 0 aromatic carbocycles. The van der Waals surface area contributed by atoms with Crippen LogP contribution in [0.5, 0.6) is 0 Å². The van der Waals surface area contributed by atoms with Crippen molar-refractivity contribution in [3.8, 4) is 0 Å². The number of halogens is 5. The molecular weight excluding hydrogens is 297 g/mol. The van der Waals surface area contributed by atoms with Crippen molar-refractivity contribution < 1.29 is 31.5 Å². The number of carbonyl (C=O) groups is 1. The molecule has 0 aromatic heterocycles. The zero-order valence-electron chi connectivity index (χ0n) is 11.6. The predicted molar refractivity (Wildman–Crippen MR) is 66.2 cm³/mol. The first-order valence-electron chi connectivity index (χ1n) is 6.63. The molecule has 0 bridgehead atoms. The number of hydrogen-bond acceptors (Lipinski definition) is 3. The number of rotatable bonds is 6. The lowest BCUT2D eigenvalue weighted by atomic mass is 10.0. The molecule has 0 aliphatic carbocycles. The van der Waals surface area contributed by atoms with Gasteiger partial charge in [0.1, 0.15) is 19.4 Å². The van der Waals surface area contributed by atoms with E-state index < -0.39 is 49.3 Å². The normalized spacial score (nSPS) is 24.2. The maximum absolute atomic E-state index is 13.5. The topological polar surface area (TPSA) is 29.5 Å². The molecule has 0 spiro atoms. The average Bonchev–Trinajstić information content (AvgIpc) is 2.50. The van der Waals surface area contributed by atoms with Crippen LogP contribution in [0.2, 0.25) is 0 Å². The third-order valence-electron chi connectivity index (χ3n) is 3.39. The van der Waals surface area contributed by atoms with Gasteiger partial charge in [0.15, 0.2) is 23.9 Å².